The average molecular weight is 389 g/mol. The first-order valence-electron chi connectivity index (χ1n) is 10.2. The molecule has 2 fully saturated rings. The van der Waals surface area contributed by atoms with Gasteiger partial charge in [0.05, 0.1) is 18.8 Å². The van der Waals surface area contributed by atoms with Crippen LogP contribution in [0.25, 0.3) is 0 Å². The van der Waals surface area contributed by atoms with Crippen LogP contribution in [0.1, 0.15) is 39.3 Å². The zero-order chi connectivity index (χ0) is 20.3. The number of hydrogen-bond donors (Lipinski definition) is 0. The van der Waals surface area contributed by atoms with Crippen molar-refractivity contribution in [2.75, 3.05) is 33.4 Å². The van der Waals surface area contributed by atoms with Gasteiger partial charge in [0.1, 0.15) is 5.54 Å². The second-order valence-corrected chi connectivity index (χ2v) is 8.37. The summed E-state index contributed by atoms with van der Waals surface area (Å²) in [4.78, 5) is 36.6. The zero-order valence-corrected chi connectivity index (χ0v) is 17.4. The number of methoxy groups -OCH3 is 1. The SMILES string of the molecule is COCC(C)N1CCC2(CC1)C(=O)N(Cc1ccccn1)C(=O)N2CC(C)C. The Morgan fingerprint density at radius 1 is 1.18 bits per heavy atom. The van der Waals surface area contributed by atoms with Crippen molar-refractivity contribution in [3.63, 3.8) is 0 Å². The molecule has 2 saturated heterocycles. The molecule has 7 heteroatoms. The second-order valence-electron chi connectivity index (χ2n) is 8.37. The number of amides is 3. The van der Waals surface area contributed by atoms with E-state index >= 15 is 0 Å². The highest BCUT2D eigenvalue weighted by Gasteiger charge is 2.58. The Kier molecular flexibility index (Phi) is 6.35. The standard InChI is InChI=1S/C21H32N4O3/c1-16(2)13-25-20(27)24(14-18-7-5-6-10-22-18)19(26)21(25)8-11-23(12-9-21)17(3)15-28-4/h5-7,10,16-17H,8-9,11-15H2,1-4H3. The fourth-order valence-corrected chi connectivity index (χ4v) is 4.36. The Morgan fingerprint density at radius 3 is 2.46 bits per heavy atom. The number of carbonyl (C=O) groups is 2. The van der Waals surface area contributed by atoms with Crippen molar-refractivity contribution in [3.05, 3.63) is 30.1 Å². The molecule has 0 N–H and O–H groups in total. The number of pyridine rings is 1. The van der Waals surface area contributed by atoms with E-state index in [4.69, 9.17) is 4.74 Å². The summed E-state index contributed by atoms with van der Waals surface area (Å²) >= 11 is 0. The lowest BCUT2D eigenvalue weighted by molar-refractivity contribution is -0.136. The summed E-state index contributed by atoms with van der Waals surface area (Å²) in [6.45, 7) is 9.38. The number of piperidine rings is 1. The lowest BCUT2D eigenvalue weighted by atomic mass is 9.85. The molecule has 0 aromatic carbocycles. The van der Waals surface area contributed by atoms with E-state index in [1.165, 1.54) is 4.90 Å². The molecule has 154 valence electrons. The van der Waals surface area contributed by atoms with E-state index in [0.29, 0.717) is 38.0 Å². The van der Waals surface area contributed by atoms with Crippen LogP contribution < -0.4 is 0 Å². The van der Waals surface area contributed by atoms with Crippen molar-refractivity contribution < 1.29 is 14.3 Å². The normalized spacial score (nSPS) is 21.2. The predicted octanol–water partition coefficient (Wildman–Crippen LogP) is 2.37. The molecule has 1 atom stereocenters. The largest absolute Gasteiger partial charge is 0.383 e. The number of nitrogens with zero attached hydrogens (tertiary/aromatic N) is 4. The summed E-state index contributed by atoms with van der Waals surface area (Å²) in [5.41, 5.74) is 0.0104. The number of aromatic nitrogens is 1. The molecule has 0 saturated carbocycles. The van der Waals surface area contributed by atoms with Crippen LogP contribution in [0.2, 0.25) is 0 Å². The van der Waals surface area contributed by atoms with Gasteiger partial charge in [0.2, 0.25) is 0 Å². The third kappa shape index (κ3) is 3.91. The minimum Gasteiger partial charge on any atom is -0.383 e. The van der Waals surface area contributed by atoms with Crippen molar-refractivity contribution in [2.45, 2.75) is 51.7 Å². The summed E-state index contributed by atoms with van der Waals surface area (Å²) in [6, 6.07) is 5.69. The Bertz CT molecular complexity index is 686. The summed E-state index contributed by atoms with van der Waals surface area (Å²) < 4.78 is 5.28. The topological polar surface area (TPSA) is 66.0 Å². The fourth-order valence-electron chi connectivity index (χ4n) is 4.36. The number of ether oxygens (including phenoxy) is 1. The van der Waals surface area contributed by atoms with Gasteiger partial charge in [-0.1, -0.05) is 19.9 Å². The van der Waals surface area contributed by atoms with Gasteiger partial charge in [0.15, 0.2) is 0 Å². The molecule has 2 aliphatic heterocycles. The van der Waals surface area contributed by atoms with Gasteiger partial charge in [-0.3, -0.25) is 19.6 Å². The number of carbonyl (C=O) groups excluding carboxylic acids is 2. The molecular formula is C21H32N4O3. The molecule has 0 bridgehead atoms. The molecule has 28 heavy (non-hydrogen) atoms. The number of urea groups is 1. The summed E-state index contributed by atoms with van der Waals surface area (Å²) in [5.74, 6) is 0.233. The number of rotatable bonds is 7. The van der Waals surface area contributed by atoms with Crippen molar-refractivity contribution >= 4 is 11.9 Å². The molecule has 3 rings (SSSR count). The maximum Gasteiger partial charge on any atom is 0.328 e. The van der Waals surface area contributed by atoms with Crippen LogP contribution in [-0.4, -0.2) is 76.6 Å². The van der Waals surface area contributed by atoms with Crippen LogP contribution in [0.15, 0.2) is 24.4 Å². The number of imide groups is 1. The fraction of sp³-hybridized carbons (Fsp3) is 0.667. The van der Waals surface area contributed by atoms with Crippen molar-refractivity contribution in [1.82, 2.24) is 19.7 Å². The second kappa shape index (κ2) is 8.57. The van der Waals surface area contributed by atoms with Gasteiger partial charge in [0, 0.05) is 39.0 Å². The number of likely N-dealkylation sites (tertiary alicyclic amines) is 1. The maximum absolute atomic E-state index is 13.5. The molecule has 3 amide bonds. The van der Waals surface area contributed by atoms with Crippen LogP contribution >= 0.6 is 0 Å². The molecule has 1 unspecified atom stereocenters. The Labute approximate surface area is 167 Å². The smallest absolute Gasteiger partial charge is 0.328 e. The highest BCUT2D eigenvalue weighted by atomic mass is 16.5. The lowest BCUT2D eigenvalue weighted by Crippen LogP contribution is -2.58. The highest BCUT2D eigenvalue weighted by molar-refractivity contribution is 6.07. The van der Waals surface area contributed by atoms with Gasteiger partial charge in [-0.05, 0) is 37.8 Å². The maximum atomic E-state index is 13.5. The Balaban J connectivity index is 1.82. The van der Waals surface area contributed by atoms with E-state index in [2.05, 4.69) is 30.7 Å². The molecule has 1 aromatic rings. The van der Waals surface area contributed by atoms with Crippen molar-refractivity contribution in [1.29, 1.82) is 0 Å². The average Bonchev–Trinajstić information content (AvgIpc) is 2.86. The summed E-state index contributed by atoms with van der Waals surface area (Å²) in [6.07, 6.45) is 3.02. The van der Waals surface area contributed by atoms with Gasteiger partial charge in [-0.2, -0.15) is 0 Å². The lowest BCUT2D eigenvalue weighted by Gasteiger charge is -2.44. The molecule has 0 radical (unpaired) electrons. The van der Waals surface area contributed by atoms with Crippen LogP contribution in [0.4, 0.5) is 4.79 Å². The van der Waals surface area contributed by atoms with E-state index in [1.54, 1.807) is 13.3 Å². The van der Waals surface area contributed by atoms with Gasteiger partial charge in [-0.25, -0.2) is 4.79 Å². The van der Waals surface area contributed by atoms with E-state index in [9.17, 15) is 9.59 Å². The molecule has 7 nitrogen and oxygen atoms in total. The molecule has 1 aromatic heterocycles. The minimum absolute atomic E-state index is 0.0668. The molecule has 1 spiro atoms. The number of hydrogen-bond acceptors (Lipinski definition) is 5. The van der Waals surface area contributed by atoms with Gasteiger partial charge < -0.3 is 9.64 Å². The summed E-state index contributed by atoms with van der Waals surface area (Å²) in [5, 5.41) is 0. The zero-order valence-electron chi connectivity index (χ0n) is 17.4. The van der Waals surface area contributed by atoms with Crippen molar-refractivity contribution in [2.24, 2.45) is 5.92 Å². The third-order valence-corrected chi connectivity index (χ3v) is 5.87. The molecular weight excluding hydrogens is 356 g/mol. The minimum atomic E-state index is -0.723. The summed E-state index contributed by atoms with van der Waals surface area (Å²) in [7, 11) is 1.71. The first-order valence-corrected chi connectivity index (χ1v) is 10.2. The van der Waals surface area contributed by atoms with Crippen molar-refractivity contribution in [3.8, 4) is 0 Å². The predicted molar refractivity (Wildman–Crippen MR) is 107 cm³/mol. The Morgan fingerprint density at radius 2 is 1.89 bits per heavy atom. The van der Waals surface area contributed by atoms with Crippen LogP contribution in [0.5, 0.6) is 0 Å². The third-order valence-electron chi connectivity index (χ3n) is 5.87. The van der Waals surface area contributed by atoms with E-state index in [1.807, 2.05) is 23.1 Å². The van der Waals surface area contributed by atoms with E-state index in [0.717, 1.165) is 18.8 Å². The monoisotopic (exact) mass is 388 g/mol. The van der Waals surface area contributed by atoms with E-state index in [-0.39, 0.29) is 18.5 Å². The van der Waals surface area contributed by atoms with Gasteiger partial charge >= 0.3 is 6.03 Å². The van der Waals surface area contributed by atoms with Gasteiger partial charge in [-0.15, -0.1) is 0 Å². The van der Waals surface area contributed by atoms with Gasteiger partial charge in [0.25, 0.3) is 5.91 Å². The first-order chi connectivity index (χ1) is 13.4. The molecule has 0 aliphatic carbocycles. The highest BCUT2D eigenvalue weighted by Crippen LogP contribution is 2.38. The van der Waals surface area contributed by atoms with Crippen LogP contribution in [-0.2, 0) is 16.1 Å². The Hall–Kier alpha value is -1.99. The van der Waals surface area contributed by atoms with Crippen LogP contribution in [0.3, 0.4) is 0 Å². The quantitative estimate of drug-likeness (QED) is 0.671. The molecule has 2 aliphatic rings. The molecule has 3 heterocycles. The van der Waals surface area contributed by atoms with E-state index < -0.39 is 5.54 Å². The first kappa shape index (κ1) is 20.7. The van der Waals surface area contributed by atoms with Crippen LogP contribution in [0, 0.1) is 5.92 Å².